The van der Waals surface area contributed by atoms with E-state index >= 15 is 0 Å². The van der Waals surface area contributed by atoms with Gasteiger partial charge < -0.3 is 9.47 Å². The van der Waals surface area contributed by atoms with Crippen molar-refractivity contribution in [2.24, 2.45) is 0 Å². The Bertz CT molecular complexity index is 811. The number of hydrogen-bond acceptors (Lipinski definition) is 4. The van der Waals surface area contributed by atoms with Gasteiger partial charge in [-0.1, -0.05) is 17.7 Å². The van der Waals surface area contributed by atoms with Crippen molar-refractivity contribution in [3.05, 3.63) is 53.6 Å². The van der Waals surface area contributed by atoms with Crippen LogP contribution in [0.2, 0.25) is 5.02 Å². The van der Waals surface area contributed by atoms with E-state index in [0.717, 1.165) is 0 Å². The van der Waals surface area contributed by atoms with Crippen LogP contribution in [0.15, 0.2) is 36.7 Å². The number of hydrogen-bond donors (Lipinski definition) is 0. The van der Waals surface area contributed by atoms with Gasteiger partial charge in [-0.2, -0.15) is 0 Å². The minimum absolute atomic E-state index is 0.00156. The summed E-state index contributed by atoms with van der Waals surface area (Å²) in [4.78, 5) is 8.15. The van der Waals surface area contributed by atoms with Gasteiger partial charge in [0.15, 0.2) is 11.6 Å². The molecular weight excluding hydrogens is 295 g/mol. The van der Waals surface area contributed by atoms with E-state index in [2.05, 4.69) is 16.0 Å². The molecule has 3 aromatic rings. The number of methoxy groups -OCH3 is 1. The second kappa shape index (κ2) is 5.54. The SMILES string of the molecule is COc1[c]cc2c(Oc3cccc(Cl)c3F)ncnc2c1. The number of aromatic nitrogens is 2. The lowest BCUT2D eigenvalue weighted by Crippen LogP contribution is -1.94. The molecule has 0 saturated carbocycles. The molecule has 0 N–H and O–H groups in total. The van der Waals surface area contributed by atoms with Gasteiger partial charge in [0.1, 0.15) is 12.1 Å². The second-order valence-corrected chi connectivity index (χ2v) is 4.54. The first-order valence-electron chi connectivity index (χ1n) is 6.01. The fourth-order valence-electron chi connectivity index (χ4n) is 1.82. The highest BCUT2D eigenvalue weighted by molar-refractivity contribution is 6.30. The molecule has 2 aromatic carbocycles. The van der Waals surface area contributed by atoms with E-state index in [0.29, 0.717) is 16.7 Å². The Morgan fingerprint density at radius 1 is 1.29 bits per heavy atom. The Labute approximate surface area is 125 Å². The Hall–Kier alpha value is -2.40. The monoisotopic (exact) mass is 303 g/mol. The molecule has 0 bridgehead atoms. The quantitative estimate of drug-likeness (QED) is 0.733. The Balaban J connectivity index is 2.06. The average Bonchev–Trinajstić information content (AvgIpc) is 2.51. The summed E-state index contributed by atoms with van der Waals surface area (Å²) in [7, 11) is 1.54. The highest BCUT2D eigenvalue weighted by Crippen LogP contribution is 2.31. The lowest BCUT2D eigenvalue weighted by molar-refractivity contribution is 0.414. The van der Waals surface area contributed by atoms with Crippen LogP contribution in [0.1, 0.15) is 0 Å². The third-order valence-corrected chi connectivity index (χ3v) is 3.14. The molecule has 1 radical (unpaired) electrons. The molecule has 0 spiro atoms. The molecule has 0 amide bonds. The summed E-state index contributed by atoms with van der Waals surface area (Å²) >= 11 is 5.73. The maximum Gasteiger partial charge on any atom is 0.230 e. The van der Waals surface area contributed by atoms with Crippen LogP contribution >= 0.6 is 11.6 Å². The van der Waals surface area contributed by atoms with Gasteiger partial charge in [0.05, 0.1) is 23.0 Å². The molecule has 105 valence electrons. The number of nitrogens with zero attached hydrogens (tertiary/aromatic N) is 2. The fourth-order valence-corrected chi connectivity index (χ4v) is 1.98. The molecule has 0 aliphatic heterocycles. The largest absolute Gasteiger partial charge is 0.496 e. The lowest BCUT2D eigenvalue weighted by Gasteiger charge is -2.09. The van der Waals surface area contributed by atoms with Crippen molar-refractivity contribution in [2.75, 3.05) is 7.11 Å². The van der Waals surface area contributed by atoms with Crippen LogP contribution in [0.3, 0.4) is 0 Å². The van der Waals surface area contributed by atoms with Crippen molar-refractivity contribution in [1.29, 1.82) is 0 Å². The summed E-state index contributed by atoms with van der Waals surface area (Å²) in [6.45, 7) is 0. The van der Waals surface area contributed by atoms with Crippen LogP contribution in [-0.2, 0) is 0 Å². The van der Waals surface area contributed by atoms with Crippen LogP contribution in [0.5, 0.6) is 17.4 Å². The summed E-state index contributed by atoms with van der Waals surface area (Å²) < 4.78 is 24.5. The minimum atomic E-state index is -0.636. The smallest absolute Gasteiger partial charge is 0.230 e. The first-order chi connectivity index (χ1) is 10.2. The van der Waals surface area contributed by atoms with Gasteiger partial charge >= 0.3 is 0 Å². The van der Waals surface area contributed by atoms with Crippen LogP contribution in [0, 0.1) is 11.9 Å². The summed E-state index contributed by atoms with van der Waals surface area (Å²) in [5.41, 5.74) is 0.609. The molecule has 1 heterocycles. The van der Waals surface area contributed by atoms with Gasteiger partial charge in [0.25, 0.3) is 0 Å². The van der Waals surface area contributed by atoms with E-state index < -0.39 is 5.82 Å². The van der Waals surface area contributed by atoms with Crippen LogP contribution < -0.4 is 9.47 Å². The molecule has 4 nitrogen and oxygen atoms in total. The second-order valence-electron chi connectivity index (χ2n) is 4.13. The first kappa shape index (κ1) is 13.6. The van der Waals surface area contributed by atoms with Crippen molar-refractivity contribution in [3.63, 3.8) is 0 Å². The molecule has 3 rings (SSSR count). The fraction of sp³-hybridized carbons (Fsp3) is 0.0667. The molecule has 0 saturated heterocycles. The molecule has 0 aliphatic rings. The molecule has 1 aromatic heterocycles. The molecule has 6 heteroatoms. The van der Waals surface area contributed by atoms with Crippen molar-refractivity contribution >= 4 is 22.5 Å². The Kier molecular flexibility index (Phi) is 3.58. The number of ether oxygens (including phenoxy) is 2. The zero-order valence-corrected chi connectivity index (χ0v) is 11.7. The summed E-state index contributed by atoms with van der Waals surface area (Å²) in [5.74, 6) is 0.128. The van der Waals surface area contributed by atoms with Crippen molar-refractivity contribution in [3.8, 4) is 17.4 Å². The van der Waals surface area contributed by atoms with Crippen molar-refractivity contribution < 1.29 is 13.9 Å². The third kappa shape index (κ3) is 2.60. The minimum Gasteiger partial charge on any atom is -0.496 e. The number of benzene rings is 2. The van der Waals surface area contributed by atoms with E-state index in [1.54, 1.807) is 18.2 Å². The van der Waals surface area contributed by atoms with Gasteiger partial charge in [0, 0.05) is 12.1 Å². The highest BCUT2D eigenvalue weighted by atomic mass is 35.5. The van der Waals surface area contributed by atoms with Gasteiger partial charge in [-0.25, -0.2) is 14.4 Å². The van der Waals surface area contributed by atoms with Crippen molar-refractivity contribution in [1.82, 2.24) is 9.97 Å². The molecule has 0 unspecified atom stereocenters. The normalized spacial score (nSPS) is 10.6. The number of rotatable bonds is 3. The maximum atomic E-state index is 13.9. The highest BCUT2D eigenvalue weighted by Gasteiger charge is 2.12. The van der Waals surface area contributed by atoms with E-state index in [1.807, 2.05) is 0 Å². The van der Waals surface area contributed by atoms with Crippen LogP contribution in [0.25, 0.3) is 10.9 Å². The molecular formula is C15H9ClFN2O2. The third-order valence-electron chi connectivity index (χ3n) is 2.85. The van der Waals surface area contributed by atoms with E-state index in [1.165, 1.54) is 25.6 Å². The maximum absolute atomic E-state index is 13.9. The van der Waals surface area contributed by atoms with E-state index in [4.69, 9.17) is 21.1 Å². The first-order valence-corrected chi connectivity index (χ1v) is 6.39. The number of fused-ring (bicyclic) bond motifs is 1. The summed E-state index contributed by atoms with van der Waals surface area (Å²) in [6, 6.07) is 10.8. The van der Waals surface area contributed by atoms with Gasteiger partial charge in [-0.05, 0) is 18.2 Å². The van der Waals surface area contributed by atoms with E-state index in [9.17, 15) is 4.39 Å². The van der Waals surface area contributed by atoms with Crippen molar-refractivity contribution in [2.45, 2.75) is 0 Å². The molecule has 0 atom stereocenters. The number of halogens is 2. The van der Waals surface area contributed by atoms with Gasteiger partial charge in [0.2, 0.25) is 5.88 Å². The molecule has 0 fully saturated rings. The lowest BCUT2D eigenvalue weighted by atomic mass is 10.2. The van der Waals surface area contributed by atoms with Gasteiger partial charge in [-0.3, -0.25) is 0 Å². The Morgan fingerprint density at radius 2 is 2.14 bits per heavy atom. The topological polar surface area (TPSA) is 44.2 Å². The summed E-state index contributed by atoms with van der Waals surface area (Å²) in [5, 5.41) is 0.580. The average molecular weight is 304 g/mol. The standard InChI is InChI=1S/C15H9ClFN2O2/c1-20-9-5-6-10-12(7-9)18-8-19-15(10)21-13-4-2-3-11(16)14(13)17/h2-4,6-8H,1H3. The zero-order valence-electron chi connectivity index (χ0n) is 10.9. The van der Waals surface area contributed by atoms with E-state index in [-0.39, 0.29) is 16.7 Å². The predicted molar refractivity (Wildman–Crippen MR) is 76.4 cm³/mol. The molecule has 21 heavy (non-hydrogen) atoms. The zero-order chi connectivity index (χ0) is 14.8. The van der Waals surface area contributed by atoms with Crippen LogP contribution in [-0.4, -0.2) is 17.1 Å². The Morgan fingerprint density at radius 3 is 2.95 bits per heavy atom. The van der Waals surface area contributed by atoms with Crippen LogP contribution in [0.4, 0.5) is 4.39 Å². The summed E-state index contributed by atoms with van der Waals surface area (Å²) in [6.07, 6.45) is 1.33. The predicted octanol–water partition coefficient (Wildman–Crippen LogP) is 4.02. The van der Waals surface area contributed by atoms with Gasteiger partial charge in [-0.15, -0.1) is 0 Å². The molecule has 0 aliphatic carbocycles.